The van der Waals surface area contributed by atoms with E-state index in [2.05, 4.69) is 0 Å². The largest absolute Gasteiger partial charge is 0.275 e. The van der Waals surface area contributed by atoms with Crippen molar-refractivity contribution in [1.82, 2.24) is 9.80 Å². The molecule has 0 aliphatic carbocycles. The fourth-order valence-corrected chi connectivity index (χ4v) is 1.44. The summed E-state index contributed by atoms with van der Waals surface area (Å²) in [6, 6.07) is 0. The smallest absolute Gasteiger partial charge is 0.116 e. The van der Waals surface area contributed by atoms with Gasteiger partial charge in [-0.25, -0.2) is 0 Å². The zero-order chi connectivity index (χ0) is 7.02. The summed E-state index contributed by atoms with van der Waals surface area (Å²) in [5.41, 5.74) is -0.0895. The molecule has 1 aliphatic rings. The molecule has 54 valence electrons. The summed E-state index contributed by atoms with van der Waals surface area (Å²) < 4.78 is 0. The van der Waals surface area contributed by atoms with Crippen molar-refractivity contribution in [2.75, 3.05) is 20.8 Å². The minimum atomic E-state index is -0.0448. The standard InChI is InChI=1S/C5H10Cl2N2/c1-8-3-9(2)5(7)4(8)6/h4-5H,3H2,1-2H3. The Balaban J connectivity index is 2.54. The Labute approximate surface area is 65.3 Å². The number of alkyl halides is 2. The zero-order valence-corrected chi connectivity index (χ0v) is 7.02. The van der Waals surface area contributed by atoms with Crippen LogP contribution in [0.2, 0.25) is 0 Å². The van der Waals surface area contributed by atoms with Crippen molar-refractivity contribution in [3.8, 4) is 0 Å². The third-order valence-electron chi connectivity index (χ3n) is 1.52. The monoisotopic (exact) mass is 168 g/mol. The van der Waals surface area contributed by atoms with Gasteiger partial charge in [0, 0.05) is 0 Å². The van der Waals surface area contributed by atoms with Gasteiger partial charge in [-0.2, -0.15) is 0 Å². The predicted octanol–water partition coefficient (Wildman–Crippen LogP) is 0.951. The summed E-state index contributed by atoms with van der Waals surface area (Å²) in [4.78, 5) is 4.00. The van der Waals surface area contributed by atoms with Crippen LogP contribution in [0.25, 0.3) is 0 Å². The molecular weight excluding hydrogens is 159 g/mol. The molecule has 0 aromatic carbocycles. The van der Waals surface area contributed by atoms with Crippen LogP contribution in [-0.2, 0) is 0 Å². The van der Waals surface area contributed by atoms with Crippen LogP contribution in [0.5, 0.6) is 0 Å². The highest BCUT2D eigenvalue weighted by Crippen LogP contribution is 2.22. The fraction of sp³-hybridized carbons (Fsp3) is 1.00. The van der Waals surface area contributed by atoms with Crippen molar-refractivity contribution in [3.05, 3.63) is 0 Å². The normalized spacial score (nSPS) is 40.0. The first-order chi connectivity index (χ1) is 4.13. The lowest BCUT2D eigenvalue weighted by Gasteiger charge is -2.11. The quantitative estimate of drug-likeness (QED) is 0.393. The van der Waals surface area contributed by atoms with Gasteiger partial charge in [0.25, 0.3) is 0 Å². The molecule has 1 heterocycles. The van der Waals surface area contributed by atoms with E-state index in [1.165, 1.54) is 0 Å². The highest BCUT2D eigenvalue weighted by molar-refractivity contribution is 6.29. The molecule has 1 rings (SSSR count). The number of hydrogen-bond acceptors (Lipinski definition) is 2. The molecule has 2 atom stereocenters. The Hall–Kier alpha value is 0.500. The lowest BCUT2D eigenvalue weighted by molar-refractivity contribution is 0.306. The van der Waals surface area contributed by atoms with Crippen LogP contribution in [0.3, 0.4) is 0 Å². The second-order valence-corrected chi connectivity index (χ2v) is 3.30. The second-order valence-electron chi connectivity index (χ2n) is 2.40. The lowest BCUT2D eigenvalue weighted by atomic mass is 10.6. The van der Waals surface area contributed by atoms with Crippen LogP contribution in [0.15, 0.2) is 0 Å². The Morgan fingerprint density at radius 1 is 1.11 bits per heavy atom. The molecule has 2 unspecified atom stereocenters. The van der Waals surface area contributed by atoms with Gasteiger partial charge in [0.1, 0.15) is 11.0 Å². The van der Waals surface area contributed by atoms with Crippen molar-refractivity contribution in [3.63, 3.8) is 0 Å². The van der Waals surface area contributed by atoms with Gasteiger partial charge in [-0.1, -0.05) is 0 Å². The molecule has 1 aliphatic heterocycles. The van der Waals surface area contributed by atoms with Crippen LogP contribution < -0.4 is 0 Å². The first kappa shape index (κ1) is 7.61. The first-order valence-electron chi connectivity index (χ1n) is 2.81. The first-order valence-corrected chi connectivity index (χ1v) is 3.69. The number of nitrogens with zero attached hydrogens (tertiary/aromatic N) is 2. The van der Waals surface area contributed by atoms with Crippen molar-refractivity contribution in [1.29, 1.82) is 0 Å². The highest BCUT2D eigenvalue weighted by atomic mass is 35.5. The molecule has 0 N–H and O–H groups in total. The molecule has 1 fully saturated rings. The Bertz CT molecular complexity index is 97.1. The van der Waals surface area contributed by atoms with E-state index in [9.17, 15) is 0 Å². The molecule has 2 nitrogen and oxygen atoms in total. The molecule has 0 bridgehead atoms. The minimum Gasteiger partial charge on any atom is -0.275 e. The van der Waals surface area contributed by atoms with Crippen LogP contribution in [0.4, 0.5) is 0 Å². The molecular formula is C5H10Cl2N2. The van der Waals surface area contributed by atoms with Gasteiger partial charge in [0.15, 0.2) is 0 Å². The van der Waals surface area contributed by atoms with E-state index in [1.807, 2.05) is 23.9 Å². The van der Waals surface area contributed by atoms with E-state index < -0.39 is 0 Å². The SMILES string of the molecule is CN1CN(C)C(Cl)C1Cl. The van der Waals surface area contributed by atoms with Crippen LogP contribution >= 0.6 is 23.2 Å². The van der Waals surface area contributed by atoms with Gasteiger partial charge < -0.3 is 0 Å². The van der Waals surface area contributed by atoms with Gasteiger partial charge in [0.2, 0.25) is 0 Å². The lowest BCUT2D eigenvalue weighted by Crippen LogP contribution is -2.24. The topological polar surface area (TPSA) is 6.48 Å². The number of hydrogen-bond donors (Lipinski definition) is 0. The van der Waals surface area contributed by atoms with Gasteiger partial charge in [-0.05, 0) is 14.1 Å². The molecule has 9 heavy (non-hydrogen) atoms. The predicted molar refractivity (Wildman–Crippen MR) is 39.7 cm³/mol. The molecule has 0 saturated carbocycles. The fourth-order valence-electron chi connectivity index (χ4n) is 0.928. The van der Waals surface area contributed by atoms with Crippen LogP contribution in [-0.4, -0.2) is 41.6 Å². The Morgan fingerprint density at radius 3 is 1.56 bits per heavy atom. The summed E-state index contributed by atoms with van der Waals surface area (Å²) in [6.07, 6.45) is 0. The van der Waals surface area contributed by atoms with E-state index >= 15 is 0 Å². The van der Waals surface area contributed by atoms with Gasteiger partial charge in [-0.15, -0.1) is 23.2 Å². The summed E-state index contributed by atoms with van der Waals surface area (Å²) in [6.45, 7) is 0.850. The molecule has 0 radical (unpaired) electrons. The van der Waals surface area contributed by atoms with E-state index in [1.54, 1.807) is 0 Å². The Kier molecular flexibility index (Phi) is 2.22. The third-order valence-corrected chi connectivity index (χ3v) is 2.79. The van der Waals surface area contributed by atoms with E-state index in [0.717, 1.165) is 6.67 Å². The number of rotatable bonds is 0. The zero-order valence-electron chi connectivity index (χ0n) is 5.51. The maximum atomic E-state index is 5.86. The average molecular weight is 169 g/mol. The van der Waals surface area contributed by atoms with Crippen molar-refractivity contribution < 1.29 is 0 Å². The van der Waals surface area contributed by atoms with Crippen LogP contribution in [0, 0.1) is 0 Å². The van der Waals surface area contributed by atoms with Crippen molar-refractivity contribution >= 4 is 23.2 Å². The van der Waals surface area contributed by atoms with E-state index in [4.69, 9.17) is 23.2 Å². The molecule has 4 heteroatoms. The third kappa shape index (κ3) is 1.32. The minimum absolute atomic E-state index is 0.0448. The van der Waals surface area contributed by atoms with Gasteiger partial charge >= 0.3 is 0 Å². The maximum Gasteiger partial charge on any atom is 0.116 e. The molecule has 0 aromatic heterocycles. The maximum absolute atomic E-state index is 5.86. The van der Waals surface area contributed by atoms with E-state index in [0.29, 0.717) is 0 Å². The highest BCUT2D eigenvalue weighted by Gasteiger charge is 2.32. The van der Waals surface area contributed by atoms with Gasteiger partial charge in [-0.3, -0.25) is 9.80 Å². The van der Waals surface area contributed by atoms with Gasteiger partial charge in [0.05, 0.1) is 6.67 Å². The van der Waals surface area contributed by atoms with Crippen molar-refractivity contribution in [2.45, 2.75) is 11.0 Å². The molecule has 0 amide bonds. The average Bonchev–Trinajstić information content (AvgIpc) is 1.98. The van der Waals surface area contributed by atoms with Crippen molar-refractivity contribution in [2.24, 2.45) is 0 Å². The summed E-state index contributed by atoms with van der Waals surface area (Å²) >= 11 is 11.7. The number of halogens is 2. The summed E-state index contributed by atoms with van der Waals surface area (Å²) in [7, 11) is 3.91. The van der Waals surface area contributed by atoms with E-state index in [-0.39, 0.29) is 11.0 Å². The number of likely N-dealkylation sites (N-methyl/N-ethyl adjacent to an activating group) is 2. The summed E-state index contributed by atoms with van der Waals surface area (Å²) in [5.74, 6) is 0. The Morgan fingerprint density at radius 2 is 1.44 bits per heavy atom. The second kappa shape index (κ2) is 2.62. The molecule has 0 spiro atoms. The van der Waals surface area contributed by atoms with Crippen LogP contribution in [0.1, 0.15) is 0 Å². The molecule has 0 aromatic rings. The summed E-state index contributed by atoms with van der Waals surface area (Å²) in [5, 5.41) is 0. The molecule has 1 saturated heterocycles.